The first-order chi connectivity index (χ1) is 17.4. The largest absolute Gasteiger partial charge is 0.497 e. The highest BCUT2D eigenvalue weighted by Crippen LogP contribution is 2.32. The standard InChI is InChI=1S/C29H39NO7/c1-8-15-29(5,6)28(33)37-24-14-11-21(26(36-19(4)31)25(30)18(2)3)16-22(24)17-35-27(32)20-9-12-23(34-7)13-10-20/h9-14,16,18,25-26H,8,15,17,30H2,1-7H3. The summed E-state index contributed by atoms with van der Waals surface area (Å²) in [6.07, 6.45) is 0.753. The van der Waals surface area contributed by atoms with Crippen molar-refractivity contribution in [2.75, 3.05) is 7.11 Å². The van der Waals surface area contributed by atoms with Crippen LogP contribution in [0.5, 0.6) is 11.5 Å². The molecule has 0 fully saturated rings. The van der Waals surface area contributed by atoms with E-state index in [0.717, 1.165) is 6.42 Å². The number of methoxy groups -OCH3 is 1. The van der Waals surface area contributed by atoms with E-state index in [1.807, 2.05) is 34.6 Å². The SMILES string of the molecule is CCCC(C)(C)C(=O)Oc1ccc(C(OC(C)=O)C(N)C(C)C)cc1COC(=O)c1ccc(OC)cc1. The average Bonchev–Trinajstić information content (AvgIpc) is 2.85. The maximum Gasteiger partial charge on any atom is 0.338 e. The van der Waals surface area contributed by atoms with E-state index in [4.69, 9.17) is 24.7 Å². The number of benzene rings is 2. The van der Waals surface area contributed by atoms with Crippen LogP contribution in [0.3, 0.4) is 0 Å². The second-order valence-corrected chi connectivity index (χ2v) is 10.0. The molecular formula is C29H39NO7. The third-order valence-electron chi connectivity index (χ3n) is 6.14. The molecule has 8 nitrogen and oxygen atoms in total. The molecule has 2 N–H and O–H groups in total. The summed E-state index contributed by atoms with van der Waals surface area (Å²) in [5, 5.41) is 0. The Labute approximate surface area is 219 Å². The first kappa shape index (κ1) is 29.8. The number of esters is 3. The van der Waals surface area contributed by atoms with E-state index in [9.17, 15) is 14.4 Å². The smallest absolute Gasteiger partial charge is 0.338 e. The van der Waals surface area contributed by atoms with Crippen molar-refractivity contribution in [3.63, 3.8) is 0 Å². The molecular weight excluding hydrogens is 474 g/mol. The van der Waals surface area contributed by atoms with Crippen LogP contribution in [0.4, 0.5) is 0 Å². The van der Waals surface area contributed by atoms with Gasteiger partial charge in [-0.1, -0.05) is 33.3 Å². The number of nitrogens with two attached hydrogens (primary N) is 1. The molecule has 0 amide bonds. The van der Waals surface area contributed by atoms with Crippen molar-refractivity contribution in [1.82, 2.24) is 0 Å². The van der Waals surface area contributed by atoms with Gasteiger partial charge >= 0.3 is 17.9 Å². The summed E-state index contributed by atoms with van der Waals surface area (Å²) in [5.74, 6) is -0.503. The van der Waals surface area contributed by atoms with E-state index in [-0.39, 0.29) is 24.2 Å². The average molecular weight is 514 g/mol. The van der Waals surface area contributed by atoms with Gasteiger partial charge in [0.05, 0.1) is 18.1 Å². The van der Waals surface area contributed by atoms with Crippen molar-refractivity contribution >= 4 is 17.9 Å². The monoisotopic (exact) mass is 513 g/mol. The first-order valence-corrected chi connectivity index (χ1v) is 12.5. The second-order valence-electron chi connectivity index (χ2n) is 10.0. The Morgan fingerprint density at radius 2 is 1.68 bits per heavy atom. The van der Waals surface area contributed by atoms with Crippen LogP contribution in [0, 0.1) is 11.3 Å². The van der Waals surface area contributed by atoms with Crippen LogP contribution in [-0.4, -0.2) is 31.1 Å². The molecule has 8 heteroatoms. The minimum Gasteiger partial charge on any atom is -0.497 e. The zero-order valence-electron chi connectivity index (χ0n) is 22.8. The number of hydrogen-bond donors (Lipinski definition) is 1. The lowest BCUT2D eigenvalue weighted by atomic mass is 9.88. The highest BCUT2D eigenvalue weighted by Gasteiger charge is 2.31. The molecule has 202 valence electrons. The lowest BCUT2D eigenvalue weighted by molar-refractivity contribution is -0.148. The van der Waals surface area contributed by atoms with Gasteiger partial charge in [0.2, 0.25) is 0 Å². The fourth-order valence-corrected chi connectivity index (χ4v) is 3.80. The fraction of sp³-hybridized carbons (Fsp3) is 0.483. The van der Waals surface area contributed by atoms with Gasteiger partial charge in [-0.05, 0) is 68.1 Å². The van der Waals surface area contributed by atoms with E-state index < -0.39 is 29.5 Å². The number of ether oxygens (including phenoxy) is 4. The summed E-state index contributed by atoms with van der Waals surface area (Å²) in [6.45, 7) is 10.7. The zero-order chi connectivity index (χ0) is 27.8. The number of hydrogen-bond acceptors (Lipinski definition) is 8. The highest BCUT2D eigenvalue weighted by molar-refractivity contribution is 5.89. The van der Waals surface area contributed by atoms with Crippen molar-refractivity contribution in [3.05, 3.63) is 59.2 Å². The summed E-state index contributed by atoms with van der Waals surface area (Å²) in [7, 11) is 1.54. The van der Waals surface area contributed by atoms with Crippen LogP contribution in [0.25, 0.3) is 0 Å². The number of rotatable bonds is 12. The molecule has 2 atom stereocenters. The minimum absolute atomic E-state index is 0.0213. The van der Waals surface area contributed by atoms with Gasteiger partial charge in [-0.2, -0.15) is 0 Å². The van der Waals surface area contributed by atoms with Gasteiger partial charge in [0, 0.05) is 18.5 Å². The van der Waals surface area contributed by atoms with Gasteiger partial charge in [0.25, 0.3) is 0 Å². The summed E-state index contributed by atoms with van der Waals surface area (Å²) in [4.78, 5) is 37.4. The second kappa shape index (κ2) is 13.2. The molecule has 2 aromatic carbocycles. The van der Waals surface area contributed by atoms with Crippen LogP contribution in [0.2, 0.25) is 0 Å². The Balaban J connectivity index is 2.41. The lowest BCUT2D eigenvalue weighted by Crippen LogP contribution is -2.36. The van der Waals surface area contributed by atoms with Gasteiger partial charge in [0.15, 0.2) is 0 Å². The van der Waals surface area contributed by atoms with Crippen LogP contribution < -0.4 is 15.2 Å². The van der Waals surface area contributed by atoms with Gasteiger partial charge < -0.3 is 24.7 Å². The topological polar surface area (TPSA) is 114 Å². The molecule has 2 rings (SSSR count). The summed E-state index contributed by atoms with van der Waals surface area (Å²) >= 11 is 0. The van der Waals surface area contributed by atoms with Crippen LogP contribution >= 0.6 is 0 Å². The van der Waals surface area contributed by atoms with Crippen LogP contribution in [0.15, 0.2) is 42.5 Å². The molecule has 0 aliphatic rings. The molecule has 2 aromatic rings. The maximum absolute atomic E-state index is 12.9. The predicted molar refractivity (Wildman–Crippen MR) is 140 cm³/mol. The molecule has 0 spiro atoms. The zero-order valence-corrected chi connectivity index (χ0v) is 22.8. The van der Waals surface area contributed by atoms with Crippen molar-refractivity contribution in [1.29, 1.82) is 0 Å². The predicted octanol–water partition coefficient (Wildman–Crippen LogP) is 5.37. The highest BCUT2D eigenvalue weighted by atomic mass is 16.6. The third-order valence-corrected chi connectivity index (χ3v) is 6.14. The van der Waals surface area contributed by atoms with Gasteiger partial charge in [-0.25, -0.2) is 4.79 Å². The van der Waals surface area contributed by atoms with E-state index in [0.29, 0.717) is 28.9 Å². The molecule has 0 saturated heterocycles. The lowest BCUT2D eigenvalue weighted by Gasteiger charge is -2.28. The number of carbonyl (C=O) groups excluding carboxylic acids is 3. The molecule has 0 aliphatic carbocycles. The molecule has 37 heavy (non-hydrogen) atoms. The Kier molecular flexibility index (Phi) is 10.7. The van der Waals surface area contributed by atoms with Gasteiger partial charge in [-0.3, -0.25) is 9.59 Å². The summed E-state index contributed by atoms with van der Waals surface area (Å²) in [5.41, 5.74) is 7.08. The van der Waals surface area contributed by atoms with E-state index in [2.05, 4.69) is 0 Å². The molecule has 0 bridgehead atoms. The maximum atomic E-state index is 12.9. The Morgan fingerprint density at radius 1 is 1.03 bits per heavy atom. The molecule has 0 saturated carbocycles. The third kappa shape index (κ3) is 8.32. The van der Waals surface area contributed by atoms with Crippen molar-refractivity contribution < 1.29 is 33.3 Å². The van der Waals surface area contributed by atoms with Crippen LogP contribution in [-0.2, 0) is 25.7 Å². The summed E-state index contributed by atoms with van der Waals surface area (Å²) < 4.78 is 22.0. The normalized spacial score (nSPS) is 13.0. The first-order valence-electron chi connectivity index (χ1n) is 12.5. The Morgan fingerprint density at radius 3 is 2.22 bits per heavy atom. The summed E-state index contributed by atoms with van der Waals surface area (Å²) in [6, 6.07) is 11.1. The molecule has 2 unspecified atom stereocenters. The fourth-order valence-electron chi connectivity index (χ4n) is 3.80. The molecule has 0 aromatic heterocycles. The van der Waals surface area contributed by atoms with Crippen LogP contribution in [0.1, 0.15) is 82.0 Å². The quantitative estimate of drug-likeness (QED) is 0.298. The molecule has 0 heterocycles. The van der Waals surface area contributed by atoms with Gasteiger partial charge in [-0.15, -0.1) is 0 Å². The Bertz CT molecular complexity index is 1080. The Hall–Kier alpha value is -3.39. The van der Waals surface area contributed by atoms with Crippen molar-refractivity contribution in [3.8, 4) is 11.5 Å². The number of carbonyl (C=O) groups is 3. The van der Waals surface area contributed by atoms with E-state index in [1.54, 1.807) is 49.6 Å². The van der Waals surface area contributed by atoms with E-state index in [1.165, 1.54) is 6.92 Å². The van der Waals surface area contributed by atoms with Gasteiger partial charge in [0.1, 0.15) is 24.2 Å². The van der Waals surface area contributed by atoms with Crippen molar-refractivity contribution in [2.24, 2.45) is 17.1 Å². The molecule has 0 aliphatic heterocycles. The minimum atomic E-state index is -0.727. The molecule has 0 radical (unpaired) electrons. The van der Waals surface area contributed by atoms with Crippen molar-refractivity contribution in [2.45, 2.75) is 73.1 Å². The van der Waals surface area contributed by atoms with E-state index >= 15 is 0 Å².